The molecule has 3 saturated carbocycles. The lowest BCUT2D eigenvalue weighted by Crippen LogP contribution is -2.67. The molecular formula is C45H72O16. The number of allylic oxidation sites excluding steroid dienone is 1. The van der Waals surface area contributed by atoms with E-state index in [1.807, 2.05) is 0 Å². The van der Waals surface area contributed by atoms with E-state index in [1.54, 1.807) is 0 Å². The van der Waals surface area contributed by atoms with Gasteiger partial charge in [-0.1, -0.05) is 39.3 Å². The Morgan fingerprint density at radius 1 is 0.689 bits per heavy atom. The van der Waals surface area contributed by atoms with Crippen molar-refractivity contribution in [2.75, 3.05) is 13.2 Å². The summed E-state index contributed by atoms with van der Waals surface area (Å²) in [6, 6.07) is 0. The van der Waals surface area contributed by atoms with E-state index >= 15 is 0 Å². The van der Waals surface area contributed by atoms with E-state index in [2.05, 4.69) is 33.8 Å². The molecule has 0 bridgehead atoms. The molecule has 348 valence electrons. The first-order valence-corrected chi connectivity index (χ1v) is 23.2. The van der Waals surface area contributed by atoms with Gasteiger partial charge in [0, 0.05) is 12.3 Å². The molecular weight excluding hydrogens is 796 g/mol. The van der Waals surface area contributed by atoms with Crippen molar-refractivity contribution in [2.24, 2.45) is 46.3 Å². The van der Waals surface area contributed by atoms with E-state index in [-0.39, 0.29) is 23.0 Å². The SMILES string of the molecule is CC1OC(OC2C(O[C@H]3CC[C@@]4(C)C(=CCC5C6CC7O[C@]8(CC[C@@H](C)CO8)C(C)C7[C@@]6(C)CCC54)C3)OC(CO)C(O)C2OC2OC(C)C(O)C(O)C2O)C(O)C(O)C1O. The fourth-order valence-corrected chi connectivity index (χ4v) is 14.0. The maximum Gasteiger partial charge on any atom is 0.187 e. The van der Waals surface area contributed by atoms with Crippen molar-refractivity contribution in [1.29, 1.82) is 0 Å². The van der Waals surface area contributed by atoms with Crippen molar-refractivity contribution < 1.29 is 78.7 Å². The van der Waals surface area contributed by atoms with Gasteiger partial charge in [0.1, 0.15) is 61.0 Å². The maximum atomic E-state index is 11.6. The summed E-state index contributed by atoms with van der Waals surface area (Å²) < 4.78 is 50.5. The van der Waals surface area contributed by atoms with Gasteiger partial charge in [-0.05, 0) is 106 Å². The largest absolute Gasteiger partial charge is 0.394 e. The fourth-order valence-electron chi connectivity index (χ4n) is 14.0. The van der Waals surface area contributed by atoms with Crippen LogP contribution in [-0.2, 0) is 37.9 Å². The highest BCUT2D eigenvalue weighted by atomic mass is 16.8. The molecule has 0 aromatic rings. The number of rotatable bonds is 7. The molecule has 0 radical (unpaired) electrons. The van der Waals surface area contributed by atoms with Crippen molar-refractivity contribution in [3.63, 3.8) is 0 Å². The van der Waals surface area contributed by atoms with Crippen LogP contribution in [0.4, 0.5) is 0 Å². The summed E-state index contributed by atoms with van der Waals surface area (Å²) in [7, 11) is 0. The Labute approximate surface area is 358 Å². The summed E-state index contributed by atoms with van der Waals surface area (Å²) >= 11 is 0. The minimum absolute atomic E-state index is 0.0272. The van der Waals surface area contributed by atoms with E-state index in [0.717, 1.165) is 51.6 Å². The second-order valence-electron chi connectivity index (χ2n) is 21.1. The highest BCUT2D eigenvalue weighted by molar-refractivity contribution is 5.26. The Bertz CT molecular complexity index is 1590. The number of fused-ring (bicyclic) bond motifs is 7. The summed E-state index contributed by atoms with van der Waals surface area (Å²) in [4.78, 5) is 0. The highest BCUT2D eigenvalue weighted by Crippen LogP contribution is 2.70. The molecule has 26 atom stereocenters. The maximum absolute atomic E-state index is 11.6. The predicted molar refractivity (Wildman–Crippen MR) is 213 cm³/mol. The van der Waals surface area contributed by atoms with Gasteiger partial charge in [0.05, 0.1) is 37.6 Å². The van der Waals surface area contributed by atoms with Crippen molar-refractivity contribution in [3.8, 4) is 0 Å². The molecule has 61 heavy (non-hydrogen) atoms. The summed E-state index contributed by atoms with van der Waals surface area (Å²) in [6.07, 6.45) is -10.6. The molecule has 5 heterocycles. The lowest BCUT2D eigenvalue weighted by molar-refractivity contribution is -0.393. The summed E-state index contributed by atoms with van der Waals surface area (Å²) in [5.41, 5.74) is 1.51. The molecule has 9 rings (SSSR count). The molecule has 0 aromatic heterocycles. The van der Waals surface area contributed by atoms with Gasteiger partial charge in [-0.25, -0.2) is 0 Å². The summed E-state index contributed by atoms with van der Waals surface area (Å²) in [6.45, 7) is 12.7. The highest BCUT2D eigenvalue weighted by Gasteiger charge is 2.69. The van der Waals surface area contributed by atoms with Crippen LogP contribution in [0.25, 0.3) is 0 Å². The van der Waals surface area contributed by atoms with Crippen LogP contribution in [0.2, 0.25) is 0 Å². The van der Waals surface area contributed by atoms with Gasteiger partial charge in [0.2, 0.25) is 0 Å². The average Bonchev–Trinajstić information content (AvgIpc) is 3.69. The third-order valence-corrected chi connectivity index (χ3v) is 17.6. The van der Waals surface area contributed by atoms with Crippen molar-refractivity contribution in [2.45, 2.75) is 209 Å². The molecule has 0 aromatic carbocycles. The second kappa shape index (κ2) is 16.8. The number of aliphatic hydroxyl groups is 8. The first-order valence-electron chi connectivity index (χ1n) is 23.2. The summed E-state index contributed by atoms with van der Waals surface area (Å²) in [5.74, 6) is 2.61. The smallest absolute Gasteiger partial charge is 0.187 e. The molecule has 4 aliphatic carbocycles. The fraction of sp³-hybridized carbons (Fsp3) is 0.956. The predicted octanol–water partition coefficient (Wildman–Crippen LogP) is 1.24. The lowest BCUT2D eigenvalue weighted by atomic mass is 9.47. The van der Waals surface area contributed by atoms with Crippen LogP contribution < -0.4 is 0 Å². The molecule has 9 aliphatic rings. The van der Waals surface area contributed by atoms with Crippen LogP contribution in [0.3, 0.4) is 0 Å². The minimum Gasteiger partial charge on any atom is -0.394 e. The van der Waals surface area contributed by atoms with Crippen LogP contribution >= 0.6 is 0 Å². The van der Waals surface area contributed by atoms with Crippen molar-refractivity contribution in [1.82, 2.24) is 0 Å². The normalized spacial score (nSPS) is 58.4. The van der Waals surface area contributed by atoms with Gasteiger partial charge in [-0.15, -0.1) is 0 Å². The third-order valence-electron chi connectivity index (χ3n) is 17.6. The zero-order chi connectivity index (χ0) is 43.5. The van der Waals surface area contributed by atoms with Gasteiger partial charge >= 0.3 is 0 Å². The van der Waals surface area contributed by atoms with Crippen molar-refractivity contribution >= 4 is 0 Å². The van der Waals surface area contributed by atoms with Gasteiger partial charge in [-0.2, -0.15) is 0 Å². The number of aliphatic hydroxyl groups excluding tert-OH is 8. The Kier molecular flexibility index (Phi) is 12.4. The molecule has 5 saturated heterocycles. The monoisotopic (exact) mass is 868 g/mol. The van der Waals surface area contributed by atoms with E-state index in [1.165, 1.54) is 19.4 Å². The molecule has 1 spiro atoms. The van der Waals surface area contributed by atoms with E-state index in [4.69, 9.17) is 37.9 Å². The molecule has 8 N–H and O–H groups in total. The molecule has 16 heteroatoms. The first-order chi connectivity index (χ1) is 28.9. The van der Waals surface area contributed by atoms with Crippen LogP contribution in [0.15, 0.2) is 11.6 Å². The molecule has 21 unspecified atom stereocenters. The zero-order valence-corrected chi connectivity index (χ0v) is 36.5. The number of ether oxygens (including phenoxy) is 8. The number of hydrogen-bond acceptors (Lipinski definition) is 16. The van der Waals surface area contributed by atoms with Crippen LogP contribution in [0.1, 0.15) is 99.3 Å². The Balaban J connectivity index is 0.937. The van der Waals surface area contributed by atoms with Gasteiger partial charge in [-0.3, -0.25) is 0 Å². The van der Waals surface area contributed by atoms with Crippen molar-refractivity contribution in [3.05, 3.63) is 11.6 Å². The number of hydrogen-bond donors (Lipinski definition) is 8. The molecule has 0 amide bonds. The molecule has 5 aliphatic heterocycles. The second-order valence-corrected chi connectivity index (χ2v) is 21.1. The topological polar surface area (TPSA) is 236 Å². The van der Waals surface area contributed by atoms with Gasteiger partial charge < -0.3 is 78.7 Å². The first kappa shape index (κ1) is 45.3. The van der Waals surface area contributed by atoms with Crippen LogP contribution in [0, 0.1) is 46.3 Å². The third kappa shape index (κ3) is 7.42. The van der Waals surface area contributed by atoms with Crippen LogP contribution in [0.5, 0.6) is 0 Å². The van der Waals surface area contributed by atoms with E-state index in [9.17, 15) is 40.9 Å². The Morgan fingerprint density at radius 3 is 1.97 bits per heavy atom. The molecule has 16 nitrogen and oxygen atoms in total. The quantitative estimate of drug-likeness (QED) is 0.168. The van der Waals surface area contributed by atoms with E-state index < -0.39 is 105 Å². The standard InChI is InChI=1S/C45H72O16/c1-19-9-14-45(54-18-19)20(2)30-28(61-45)16-27-25-8-7-23-15-24(10-12-43(23,5)26(25)11-13-44(27,30)6)57-42-39(60-41-37(53)35(51)32(48)22(4)56-41)38(33(49)29(17-46)58-42)59-40-36(52)34(50)31(47)21(3)55-40/h7,19-22,24-42,46-53H,8-18H2,1-6H3/t19-,20?,21?,22?,24+,25?,26?,27?,28?,29?,30?,31?,32?,33?,34?,35?,36?,37?,38?,39?,40?,41?,42?,43+,44+,45-/m1/s1. The zero-order valence-electron chi connectivity index (χ0n) is 36.5. The molecule has 8 fully saturated rings. The van der Waals surface area contributed by atoms with Gasteiger partial charge in [0.15, 0.2) is 24.7 Å². The minimum atomic E-state index is -1.73. The van der Waals surface area contributed by atoms with Gasteiger partial charge in [0.25, 0.3) is 0 Å². The average molecular weight is 869 g/mol. The van der Waals surface area contributed by atoms with Crippen LogP contribution in [-0.4, -0.2) is 164 Å². The Hall–Kier alpha value is -0.900. The van der Waals surface area contributed by atoms with E-state index in [0.29, 0.717) is 48.3 Å². The lowest BCUT2D eigenvalue weighted by Gasteiger charge is -2.59. The summed E-state index contributed by atoms with van der Waals surface area (Å²) in [5, 5.41) is 85.9. The Morgan fingerprint density at radius 2 is 1.34 bits per heavy atom.